The molecule has 0 bridgehead atoms. The van der Waals surface area contributed by atoms with Gasteiger partial charge in [-0.15, -0.1) is 23.1 Å². The molecule has 1 fully saturated rings. The number of aryl methyl sites for hydroxylation is 1. The number of benzene rings is 1. The average molecular weight is 308 g/mol. The highest BCUT2D eigenvalue weighted by Gasteiger charge is 2.21. The van der Waals surface area contributed by atoms with Crippen LogP contribution in [-0.2, 0) is 12.3 Å². The number of hydrogen-bond donors (Lipinski definition) is 1. The summed E-state index contributed by atoms with van der Waals surface area (Å²) in [4.78, 5) is 6.59. The van der Waals surface area contributed by atoms with Crippen molar-refractivity contribution in [2.75, 3.05) is 0 Å². The molecule has 1 heterocycles. The van der Waals surface area contributed by atoms with Gasteiger partial charge in [0.05, 0.1) is 11.4 Å². The van der Waals surface area contributed by atoms with E-state index in [0.29, 0.717) is 10.9 Å². The number of nitrogens with one attached hydrogen (secondary N) is 1. The zero-order chi connectivity index (χ0) is 13.9. The Hall–Kier alpha value is -0.910. The topological polar surface area (TPSA) is 24.9 Å². The molecule has 3 rings (SSSR count). The van der Waals surface area contributed by atoms with Crippen molar-refractivity contribution in [2.24, 2.45) is 0 Å². The van der Waals surface area contributed by atoms with Crippen LogP contribution in [0.2, 0.25) is 0 Å². The lowest BCUT2D eigenvalue weighted by atomic mass is 10.3. The molecule has 1 saturated carbocycles. The van der Waals surface area contributed by atoms with Gasteiger partial charge in [-0.1, -0.05) is 12.1 Å². The first kappa shape index (κ1) is 14.0. The maximum absolute atomic E-state index is 13.5. The predicted molar refractivity (Wildman–Crippen MR) is 82.7 cm³/mol. The summed E-state index contributed by atoms with van der Waals surface area (Å²) in [5, 5.41) is 4.59. The van der Waals surface area contributed by atoms with Gasteiger partial charge in [0.25, 0.3) is 0 Å². The third-order valence-corrected chi connectivity index (χ3v) is 5.65. The van der Waals surface area contributed by atoms with E-state index in [1.54, 1.807) is 17.4 Å². The summed E-state index contributed by atoms with van der Waals surface area (Å²) in [6.45, 7) is 2.97. The molecular weight excluding hydrogens is 291 g/mol. The first-order chi connectivity index (χ1) is 9.72. The van der Waals surface area contributed by atoms with Crippen LogP contribution >= 0.6 is 23.1 Å². The van der Waals surface area contributed by atoms with E-state index in [0.717, 1.165) is 23.0 Å². The first-order valence-corrected chi connectivity index (χ1v) is 8.58. The monoisotopic (exact) mass is 308 g/mol. The van der Waals surface area contributed by atoms with Crippen LogP contribution in [0.1, 0.15) is 28.4 Å². The van der Waals surface area contributed by atoms with Crippen molar-refractivity contribution in [1.29, 1.82) is 0 Å². The Morgan fingerprint density at radius 3 is 2.95 bits per heavy atom. The highest BCUT2D eigenvalue weighted by atomic mass is 32.2. The lowest BCUT2D eigenvalue weighted by molar-refractivity contribution is 0.602. The quantitative estimate of drug-likeness (QED) is 0.812. The summed E-state index contributed by atoms with van der Waals surface area (Å²) < 4.78 is 13.5. The first-order valence-electron chi connectivity index (χ1n) is 6.78. The number of nitrogens with zero attached hydrogens (tertiary/aromatic N) is 1. The summed E-state index contributed by atoms with van der Waals surface area (Å²) in [5.74, 6) is 0.581. The SMILES string of the molecule is Cc1nc(CSc2ccccc2F)sc1CNC1CC1. The van der Waals surface area contributed by atoms with Gasteiger partial charge in [0.15, 0.2) is 0 Å². The zero-order valence-corrected chi connectivity index (χ0v) is 13.0. The average Bonchev–Trinajstić information content (AvgIpc) is 3.20. The molecule has 0 spiro atoms. The van der Waals surface area contributed by atoms with E-state index >= 15 is 0 Å². The van der Waals surface area contributed by atoms with Crippen LogP contribution in [0.25, 0.3) is 0 Å². The number of halogens is 1. The fraction of sp³-hybridized carbons (Fsp3) is 0.400. The van der Waals surface area contributed by atoms with E-state index < -0.39 is 0 Å². The smallest absolute Gasteiger partial charge is 0.136 e. The van der Waals surface area contributed by atoms with Crippen molar-refractivity contribution in [3.8, 4) is 0 Å². The molecule has 1 aromatic heterocycles. The highest BCUT2D eigenvalue weighted by molar-refractivity contribution is 7.98. The molecule has 20 heavy (non-hydrogen) atoms. The lowest BCUT2D eigenvalue weighted by Gasteiger charge is -2.00. The minimum Gasteiger partial charge on any atom is -0.309 e. The Balaban J connectivity index is 1.59. The van der Waals surface area contributed by atoms with Gasteiger partial charge < -0.3 is 5.32 Å². The second-order valence-corrected chi connectivity index (χ2v) is 7.18. The molecule has 2 aromatic rings. The number of aromatic nitrogens is 1. The fourth-order valence-corrected chi connectivity index (χ4v) is 3.89. The summed E-state index contributed by atoms with van der Waals surface area (Å²) in [6, 6.07) is 7.61. The van der Waals surface area contributed by atoms with E-state index in [9.17, 15) is 4.39 Å². The van der Waals surface area contributed by atoms with Crippen LogP contribution in [0, 0.1) is 12.7 Å². The normalized spacial score (nSPS) is 14.7. The molecule has 0 amide bonds. The predicted octanol–water partition coefficient (Wildman–Crippen LogP) is 4.13. The molecule has 1 aliphatic carbocycles. The summed E-state index contributed by atoms with van der Waals surface area (Å²) in [6.07, 6.45) is 2.60. The molecule has 0 saturated heterocycles. The van der Waals surface area contributed by atoms with Crippen molar-refractivity contribution in [1.82, 2.24) is 10.3 Å². The molecule has 1 aromatic carbocycles. The van der Waals surface area contributed by atoms with Gasteiger partial charge >= 0.3 is 0 Å². The highest BCUT2D eigenvalue weighted by Crippen LogP contribution is 2.29. The minimum absolute atomic E-state index is 0.151. The third-order valence-electron chi connectivity index (χ3n) is 3.25. The number of hydrogen-bond acceptors (Lipinski definition) is 4. The molecule has 5 heteroatoms. The van der Waals surface area contributed by atoms with Crippen LogP contribution in [0.4, 0.5) is 4.39 Å². The minimum atomic E-state index is -0.151. The third kappa shape index (κ3) is 3.59. The second-order valence-electron chi connectivity index (χ2n) is 4.99. The van der Waals surface area contributed by atoms with Crippen molar-refractivity contribution in [3.05, 3.63) is 45.7 Å². The van der Waals surface area contributed by atoms with Gasteiger partial charge in [-0.25, -0.2) is 9.37 Å². The zero-order valence-electron chi connectivity index (χ0n) is 11.4. The van der Waals surface area contributed by atoms with Crippen LogP contribution < -0.4 is 5.32 Å². The van der Waals surface area contributed by atoms with Crippen LogP contribution in [0.15, 0.2) is 29.2 Å². The Morgan fingerprint density at radius 2 is 2.20 bits per heavy atom. The van der Waals surface area contributed by atoms with Gasteiger partial charge in [0.2, 0.25) is 0 Å². The Kier molecular flexibility index (Phi) is 4.38. The maximum Gasteiger partial charge on any atom is 0.136 e. The van der Waals surface area contributed by atoms with Gasteiger partial charge in [0.1, 0.15) is 10.8 Å². The maximum atomic E-state index is 13.5. The molecule has 1 aliphatic rings. The molecule has 0 unspecified atom stereocenters. The molecular formula is C15H17FN2S2. The van der Waals surface area contributed by atoms with Crippen molar-refractivity contribution in [3.63, 3.8) is 0 Å². The van der Waals surface area contributed by atoms with E-state index in [2.05, 4.69) is 17.2 Å². The van der Waals surface area contributed by atoms with Crippen LogP contribution in [0.5, 0.6) is 0 Å². The van der Waals surface area contributed by atoms with Gasteiger partial charge in [0, 0.05) is 22.4 Å². The van der Waals surface area contributed by atoms with Crippen molar-refractivity contribution >= 4 is 23.1 Å². The molecule has 0 radical (unpaired) electrons. The van der Waals surface area contributed by atoms with Crippen molar-refractivity contribution in [2.45, 2.75) is 43.0 Å². The van der Waals surface area contributed by atoms with E-state index in [-0.39, 0.29) is 5.82 Å². The van der Waals surface area contributed by atoms with Gasteiger partial charge in [-0.05, 0) is 31.9 Å². The molecule has 106 valence electrons. The van der Waals surface area contributed by atoms with E-state index in [1.807, 2.05) is 12.1 Å². The van der Waals surface area contributed by atoms with E-state index in [1.165, 1.54) is 35.5 Å². The van der Waals surface area contributed by atoms with Crippen molar-refractivity contribution < 1.29 is 4.39 Å². The number of thioether (sulfide) groups is 1. The number of thiazole rings is 1. The van der Waals surface area contributed by atoms with E-state index in [4.69, 9.17) is 0 Å². The molecule has 0 atom stereocenters. The van der Waals surface area contributed by atoms with Gasteiger partial charge in [-0.2, -0.15) is 0 Å². The molecule has 0 aliphatic heterocycles. The fourth-order valence-electron chi connectivity index (χ4n) is 1.94. The summed E-state index contributed by atoms with van der Waals surface area (Å²) in [5.41, 5.74) is 1.10. The standard InChI is InChI=1S/C15H17FN2S2/c1-10-14(8-17-11-6-7-11)20-15(18-10)9-19-13-5-3-2-4-12(13)16/h2-5,11,17H,6-9H2,1H3. The Morgan fingerprint density at radius 1 is 1.40 bits per heavy atom. The lowest BCUT2D eigenvalue weighted by Crippen LogP contribution is -2.14. The summed E-state index contributed by atoms with van der Waals surface area (Å²) >= 11 is 3.25. The van der Waals surface area contributed by atoms with Crippen LogP contribution in [-0.4, -0.2) is 11.0 Å². The Bertz CT molecular complexity index is 593. The van der Waals surface area contributed by atoms with Gasteiger partial charge in [-0.3, -0.25) is 0 Å². The Labute approximate surface area is 126 Å². The largest absolute Gasteiger partial charge is 0.309 e. The van der Waals surface area contributed by atoms with Crippen LogP contribution in [0.3, 0.4) is 0 Å². The molecule has 1 N–H and O–H groups in total. The second kappa shape index (κ2) is 6.24. The number of rotatable bonds is 6. The molecule has 2 nitrogen and oxygen atoms in total. The summed E-state index contributed by atoms with van der Waals surface area (Å²) in [7, 11) is 0.